The molecule has 3 heteroatoms. The molecular weight excluding hydrogens is 188 g/mol. The number of rotatable bonds is 2. The fourth-order valence-electron chi connectivity index (χ4n) is 1.66. The van der Waals surface area contributed by atoms with E-state index < -0.39 is 0 Å². The Bertz CT molecular complexity index is 384. The molecule has 0 bridgehead atoms. The lowest BCUT2D eigenvalue weighted by Crippen LogP contribution is -2.22. The summed E-state index contributed by atoms with van der Waals surface area (Å²) in [6.07, 6.45) is 5.57. The van der Waals surface area contributed by atoms with Crippen LogP contribution in [0.2, 0.25) is 0 Å². The number of allylic oxidation sites excluding steroid dienone is 2. The number of nitrogens with zero attached hydrogens (tertiary/aromatic N) is 1. The lowest BCUT2D eigenvalue weighted by Gasteiger charge is -2.18. The van der Waals surface area contributed by atoms with E-state index in [9.17, 15) is 4.79 Å². The summed E-state index contributed by atoms with van der Waals surface area (Å²) in [4.78, 5) is 15.9. The summed E-state index contributed by atoms with van der Waals surface area (Å²) in [5, 5.41) is 3.06. The highest BCUT2D eigenvalue weighted by molar-refractivity contribution is 5.99. The monoisotopic (exact) mass is 202 g/mol. The van der Waals surface area contributed by atoms with Gasteiger partial charge in [0.05, 0.1) is 5.70 Å². The number of carbonyl (C=O) groups is 1. The van der Waals surface area contributed by atoms with Gasteiger partial charge in [0.25, 0.3) is 0 Å². The molecule has 1 aromatic heterocycles. The van der Waals surface area contributed by atoms with Crippen LogP contribution < -0.4 is 5.32 Å². The van der Waals surface area contributed by atoms with Crippen molar-refractivity contribution in [2.75, 3.05) is 5.32 Å². The van der Waals surface area contributed by atoms with Gasteiger partial charge in [-0.1, -0.05) is 19.1 Å². The molecule has 1 heterocycles. The van der Waals surface area contributed by atoms with Crippen LogP contribution >= 0.6 is 0 Å². The zero-order valence-electron chi connectivity index (χ0n) is 8.73. The highest BCUT2D eigenvalue weighted by atomic mass is 16.1. The number of ketones is 1. The Morgan fingerprint density at radius 2 is 2.33 bits per heavy atom. The molecule has 1 aliphatic carbocycles. The van der Waals surface area contributed by atoms with Crippen molar-refractivity contribution in [3.05, 3.63) is 36.2 Å². The smallest absolute Gasteiger partial charge is 0.181 e. The van der Waals surface area contributed by atoms with Crippen molar-refractivity contribution in [2.45, 2.75) is 19.8 Å². The molecular formula is C12H14N2O. The summed E-state index contributed by atoms with van der Waals surface area (Å²) in [5.41, 5.74) is 0.687. The van der Waals surface area contributed by atoms with Crippen molar-refractivity contribution in [2.24, 2.45) is 5.92 Å². The molecule has 1 unspecified atom stereocenters. The third-order valence-electron chi connectivity index (χ3n) is 2.59. The van der Waals surface area contributed by atoms with Gasteiger partial charge in [-0.05, 0) is 25.0 Å². The van der Waals surface area contributed by atoms with Gasteiger partial charge in [0, 0.05) is 12.1 Å². The number of carbonyl (C=O) groups excluding carboxylic acids is 1. The highest BCUT2D eigenvalue weighted by Gasteiger charge is 2.21. The lowest BCUT2D eigenvalue weighted by molar-refractivity contribution is -0.119. The minimum absolute atomic E-state index is 0.126. The molecule has 3 nitrogen and oxygen atoms in total. The van der Waals surface area contributed by atoms with E-state index in [1.807, 2.05) is 31.2 Å². The van der Waals surface area contributed by atoms with E-state index in [1.54, 1.807) is 6.20 Å². The zero-order chi connectivity index (χ0) is 10.7. The minimum Gasteiger partial charge on any atom is -0.338 e. The van der Waals surface area contributed by atoms with Crippen molar-refractivity contribution < 1.29 is 4.79 Å². The average Bonchev–Trinajstić information content (AvgIpc) is 2.26. The fourth-order valence-corrected chi connectivity index (χ4v) is 1.66. The predicted octanol–water partition coefficient (Wildman–Crippen LogP) is 2.38. The van der Waals surface area contributed by atoms with E-state index in [0.29, 0.717) is 5.70 Å². The lowest BCUT2D eigenvalue weighted by atomic mass is 9.92. The Morgan fingerprint density at radius 1 is 1.47 bits per heavy atom. The van der Waals surface area contributed by atoms with Gasteiger partial charge >= 0.3 is 0 Å². The van der Waals surface area contributed by atoms with Crippen molar-refractivity contribution in [3.8, 4) is 0 Å². The molecule has 2 rings (SSSR count). The molecule has 0 amide bonds. The first-order valence-electron chi connectivity index (χ1n) is 5.20. The van der Waals surface area contributed by atoms with Crippen LogP contribution in [0.25, 0.3) is 0 Å². The quantitative estimate of drug-likeness (QED) is 0.800. The molecule has 0 saturated heterocycles. The number of anilines is 1. The zero-order valence-corrected chi connectivity index (χ0v) is 8.73. The van der Waals surface area contributed by atoms with E-state index in [2.05, 4.69) is 10.3 Å². The molecule has 78 valence electrons. The minimum atomic E-state index is 0.126. The van der Waals surface area contributed by atoms with Gasteiger partial charge in [-0.15, -0.1) is 0 Å². The second kappa shape index (κ2) is 4.26. The largest absolute Gasteiger partial charge is 0.338 e. The summed E-state index contributed by atoms with van der Waals surface area (Å²) in [7, 11) is 0. The Balaban J connectivity index is 2.13. The van der Waals surface area contributed by atoms with E-state index in [-0.39, 0.29) is 11.7 Å². The molecule has 0 aromatic carbocycles. The second-order valence-corrected chi connectivity index (χ2v) is 3.80. The SMILES string of the molecule is CC1CCC=C(Nc2ccccn2)C1=O. The molecule has 0 radical (unpaired) electrons. The van der Waals surface area contributed by atoms with Gasteiger partial charge in [-0.3, -0.25) is 4.79 Å². The summed E-state index contributed by atoms with van der Waals surface area (Å²) >= 11 is 0. The van der Waals surface area contributed by atoms with Crippen molar-refractivity contribution in [1.82, 2.24) is 4.98 Å². The summed E-state index contributed by atoms with van der Waals surface area (Å²) in [6, 6.07) is 5.60. The molecule has 1 atom stereocenters. The van der Waals surface area contributed by atoms with Crippen LogP contribution in [0.3, 0.4) is 0 Å². The Hall–Kier alpha value is -1.64. The van der Waals surface area contributed by atoms with Gasteiger partial charge in [0.15, 0.2) is 5.78 Å². The van der Waals surface area contributed by atoms with Crippen molar-refractivity contribution >= 4 is 11.6 Å². The maximum atomic E-state index is 11.8. The van der Waals surface area contributed by atoms with Crippen molar-refractivity contribution in [1.29, 1.82) is 0 Å². The van der Waals surface area contributed by atoms with Crippen molar-refractivity contribution in [3.63, 3.8) is 0 Å². The van der Waals surface area contributed by atoms with E-state index >= 15 is 0 Å². The molecule has 1 aliphatic rings. The first-order chi connectivity index (χ1) is 7.27. The number of pyridine rings is 1. The number of aromatic nitrogens is 1. The molecule has 15 heavy (non-hydrogen) atoms. The predicted molar refractivity (Wildman–Crippen MR) is 59.3 cm³/mol. The molecule has 0 fully saturated rings. The van der Waals surface area contributed by atoms with Gasteiger partial charge in [-0.25, -0.2) is 4.98 Å². The van der Waals surface area contributed by atoms with Crippen LogP contribution in [-0.4, -0.2) is 10.8 Å². The summed E-state index contributed by atoms with van der Waals surface area (Å²) in [5.74, 6) is 1.04. The molecule has 1 aromatic rings. The third kappa shape index (κ3) is 2.24. The van der Waals surface area contributed by atoms with Crippen LogP contribution in [0.1, 0.15) is 19.8 Å². The number of nitrogens with one attached hydrogen (secondary N) is 1. The normalized spacial score (nSPS) is 21.0. The summed E-state index contributed by atoms with van der Waals surface area (Å²) in [6.45, 7) is 1.97. The highest BCUT2D eigenvalue weighted by Crippen LogP contribution is 2.20. The maximum Gasteiger partial charge on any atom is 0.181 e. The van der Waals surface area contributed by atoms with Gasteiger partial charge < -0.3 is 5.32 Å². The average molecular weight is 202 g/mol. The second-order valence-electron chi connectivity index (χ2n) is 3.80. The number of Topliss-reactive ketones (excluding diaryl/α,β-unsaturated/α-hetero) is 1. The van der Waals surface area contributed by atoms with Gasteiger partial charge in [0.2, 0.25) is 0 Å². The van der Waals surface area contributed by atoms with Crippen LogP contribution in [-0.2, 0) is 4.79 Å². The summed E-state index contributed by atoms with van der Waals surface area (Å²) < 4.78 is 0. The number of hydrogen-bond acceptors (Lipinski definition) is 3. The molecule has 0 spiro atoms. The third-order valence-corrected chi connectivity index (χ3v) is 2.59. The van der Waals surface area contributed by atoms with Gasteiger partial charge in [-0.2, -0.15) is 0 Å². The Kier molecular flexibility index (Phi) is 2.81. The van der Waals surface area contributed by atoms with Crippen LogP contribution in [0.15, 0.2) is 36.2 Å². The first kappa shape index (κ1) is 9.90. The topological polar surface area (TPSA) is 42.0 Å². The van der Waals surface area contributed by atoms with Crippen LogP contribution in [0.4, 0.5) is 5.82 Å². The van der Waals surface area contributed by atoms with Gasteiger partial charge in [0.1, 0.15) is 5.82 Å². The van der Waals surface area contributed by atoms with E-state index in [0.717, 1.165) is 18.7 Å². The van der Waals surface area contributed by atoms with E-state index in [4.69, 9.17) is 0 Å². The maximum absolute atomic E-state index is 11.8. The Labute approximate surface area is 89.2 Å². The van der Waals surface area contributed by atoms with Crippen LogP contribution in [0, 0.1) is 5.92 Å². The molecule has 1 N–H and O–H groups in total. The standard InChI is InChI=1S/C12H14N2O/c1-9-5-4-6-10(12(9)15)14-11-7-2-3-8-13-11/h2-3,6-9H,4-5H2,1H3,(H,13,14). The van der Waals surface area contributed by atoms with Crippen LogP contribution in [0.5, 0.6) is 0 Å². The number of hydrogen-bond donors (Lipinski definition) is 1. The molecule has 0 saturated carbocycles. The molecule has 0 aliphatic heterocycles. The fraction of sp³-hybridized carbons (Fsp3) is 0.333. The Morgan fingerprint density at radius 3 is 3.07 bits per heavy atom. The van der Waals surface area contributed by atoms with E-state index in [1.165, 1.54) is 0 Å². The first-order valence-corrected chi connectivity index (χ1v) is 5.20.